The first-order valence-corrected chi connectivity index (χ1v) is 8.20. The topological polar surface area (TPSA) is 55.1 Å². The van der Waals surface area contributed by atoms with Crippen molar-refractivity contribution >= 4 is 22.5 Å². The van der Waals surface area contributed by atoms with Gasteiger partial charge in [0.05, 0.1) is 5.52 Å². The van der Waals surface area contributed by atoms with Crippen molar-refractivity contribution < 1.29 is 0 Å². The van der Waals surface area contributed by atoms with Gasteiger partial charge < -0.3 is 5.32 Å². The minimum atomic E-state index is 0.490. The number of para-hydroxylation sites is 1. The molecule has 5 heteroatoms. The molecule has 0 radical (unpaired) electrons. The van der Waals surface area contributed by atoms with Gasteiger partial charge >= 0.3 is 0 Å². The molecule has 4 rings (SSSR count). The Morgan fingerprint density at radius 3 is 2.64 bits per heavy atom. The lowest BCUT2D eigenvalue weighted by molar-refractivity contribution is 0.611. The van der Waals surface area contributed by atoms with Gasteiger partial charge in [0.25, 0.3) is 0 Å². The van der Waals surface area contributed by atoms with E-state index in [1.54, 1.807) is 0 Å². The molecule has 114 valence electrons. The molecule has 1 saturated carbocycles. The van der Waals surface area contributed by atoms with Gasteiger partial charge in [-0.3, -0.25) is 0 Å². The summed E-state index contributed by atoms with van der Waals surface area (Å²) in [6.07, 6.45) is 7.71. The van der Waals surface area contributed by atoms with Gasteiger partial charge in [-0.15, -0.1) is 5.10 Å². The molecule has 1 aromatic carbocycles. The smallest absolute Gasteiger partial charge is 0.226 e. The van der Waals surface area contributed by atoms with Crippen molar-refractivity contribution in [2.24, 2.45) is 0 Å². The number of hydrogen-bond acceptors (Lipinski definition) is 4. The van der Waals surface area contributed by atoms with Crippen LogP contribution in [0.4, 0.5) is 5.95 Å². The Balaban J connectivity index is 1.80. The number of fused-ring (bicyclic) bond motifs is 3. The normalized spacial score (nSPS) is 17.0. The molecule has 1 aliphatic rings. The van der Waals surface area contributed by atoms with Crippen molar-refractivity contribution in [3.8, 4) is 0 Å². The van der Waals surface area contributed by atoms with Crippen molar-refractivity contribution in [3.05, 3.63) is 30.1 Å². The Hall–Kier alpha value is -2.17. The zero-order chi connectivity index (χ0) is 14.9. The van der Waals surface area contributed by atoms with Crippen molar-refractivity contribution in [3.63, 3.8) is 0 Å². The summed E-state index contributed by atoms with van der Waals surface area (Å²) < 4.78 is 1.86. The minimum absolute atomic E-state index is 0.490. The Morgan fingerprint density at radius 1 is 1.05 bits per heavy atom. The van der Waals surface area contributed by atoms with E-state index in [2.05, 4.69) is 21.5 Å². The first-order chi connectivity index (χ1) is 10.8. The first kappa shape index (κ1) is 13.5. The third kappa shape index (κ3) is 2.40. The zero-order valence-corrected chi connectivity index (χ0v) is 12.9. The fraction of sp³-hybridized carbons (Fsp3) is 0.471. The molecule has 2 heterocycles. The molecule has 1 aliphatic carbocycles. The third-order valence-corrected chi connectivity index (χ3v) is 4.47. The van der Waals surface area contributed by atoms with Crippen LogP contribution in [0, 0.1) is 6.92 Å². The maximum absolute atomic E-state index is 4.79. The number of benzene rings is 1. The number of aryl methyl sites for hydroxylation is 1. The molecule has 2 aromatic heterocycles. The monoisotopic (exact) mass is 295 g/mol. The van der Waals surface area contributed by atoms with E-state index in [0.717, 1.165) is 28.3 Å². The Morgan fingerprint density at radius 2 is 1.82 bits per heavy atom. The molecule has 22 heavy (non-hydrogen) atoms. The van der Waals surface area contributed by atoms with E-state index >= 15 is 0 Å². The number of nitrogens with one attached hydrogen (secondary N) is 1. The number of anilines is 1. The molecule has 0 bridgehead atoms. The maximum Gasteiger partial charge on any atom is 0.226 e. The van der Waals surface area contributed by atoms with Crippen LogP contribution in [0.25, 0.3) is 16.6 Å². The first-order valence-electron chi connectivity index (χ1n) is 8.20. The van der Waals surface area contributed by atoms with Gasteiger partial charge in [-0.1, -0.05) is 37.8 Å². The lowest BCUT2D eigenvalue weighted by atomic mass is 10.1. The summed E-state index contributed by atoms with van der Waals surface area (Å²) in [5.41, 5.74) is 1.86. The molecule has 3 aromatic rings. The van der Waals surface area contributed by atoms with E-state index in [-0.39, 0.29) is 0 Å². The van der Waals surface area contributed by atoms with Crippen LogP contribution in [0.3, 0.4) is 0 Å². The summed E-state index contributed by atoms with van der Waals surface area (Å²) in [6.45, 7) is 1.93. The Labute approximate surface area is 129 Å². The van der Waals surface area contributed by atoms with Crippen molar-refractivity contribution in [2.45, 2.75) is 51.5 Å². The molecule has 0 saturated heterocycles. The van der Waals surface area contributed by atoms with Gasteiger partial charge in [0.15, 0.2) is 5.65 Å². The molecular formula is C17H21N5. The van der Waals surface area contributed by atoms with E-state index in [9.17, 15) is 0 Å². The molecule has 0 unspecified atom stereocenters. The van der Waals surface area contributed by atoms with Crippen LogP contribution in [0.1, 0.15) is 44.3 Å². The van der Waals surface area contributed by atoms with Gasteiger partial charge in [-0.2, -0.15) is 4.52 Å². The van der Waals surface area contributed by atoms with Gasteiger partial charge in [0.2, 0.25) is 5.95 Å². The molecule has 0 atom stereocenters. The van der Waals surface area contributed by atoms with Crippen LogP contribution < -0.4 is 5.32 Å². The van der Waals surface area contributed by atoms with Crippen molar-refractivity contribution in [2.75, 3.05) is 5.32 Å². The molecule has 0 spiro atoms. The summed E-state index contributed by atoms with van der Waals surface area (Å²) in [5.74, 6) is 1.60. The van der Waals surface area contributed by atoms with Gasteiger partial charge in [0.1, 0.15) is 5.82 Å². The van der Waals surface area contributed by atoms with E-state index in [1.807, 2.05) is 29.6 Å². The van der Waals surface area contributed by atoms with Gasteiger partial charge in [-0.25, -0.2) is 9.97 Å². The number of rotatable bonds is 2. The highest BCUT2D eigenvalue weighted by atomic mass is 15.4. The fourth-order valence-electron chi connectivity index (χ4n) is 3.36. The number of hydrogen-bond donors (Lipinski definition) is 1. The van der Waals surface area contributed by atoms with Crippen molar-refractivity contribution in [1.29, 1.82) is 0 Å². The molecule has 0 aliphatic heterocycles. The largest absolute Gasteiger partial charge is 0.351 e. The van der Waals surface area contributed by atoms with E-state index in [4.69, 9.17) is 4.98 Å². The highest BCUT2D eigenvalue weighted by Crippen LogP contribution is 2.24. The Kier molecular flexibility index (Phi) is 3.41. The molecule has 5 nitrogen and oxygen atoms in total. The second-order valence-electron chi connectivity index (χ2n) is 6.18. The molecule has 1 fully saturated rings. The van der Waals surface area contributed by atoms with Gasteiger partial charge in [-0.05, 0) is 31.9 Å². The average Bonchev–Trinajstić information content (AvgIpc) is 2.75. The van der Waals surface area contributed by atoms with E-state index in [1.165, 1.54) is 38.5 Å². The van der Waals surface area contributed by atoms with Crippen LogP contribution in [0.15, 0.2) is 24.3 Å². The Bertz CT molecular complexity index is 799. The number of nitrogens with zero attached hydrogens (tertiary/aromatic N) is 4. The summed E-state index contributed by atoms with van der Waals surface area (Å²) >= 11 is 0. The highest BCUT2D eigenvalue weighted by Gasteiger charge is 2.16. The second-order valence-corrected chi connectivity index (χ2v) is 6.18. The summed E-state index contributed by atoms with van der Waals surface area (Å²) in [6, 6.07) is 8.62. The minimum Gasteiger partial charge on any atom is -0.351 e. The van der Waals surface area contributed by atoms with Gasteiger partial charge in [0, 0.05) is 11.4 Å². The lowest BCUT2D eigenvalue weighted by Gasteiger charge is -2.17. The quantitative estimate of drug-likeness (QED) is 0.732. The summed E-state index contributed by atoms with van der Waals surface area (Å²) in [7, 11) is 0. The zero-order valence-electron chi connectivity index (χ0n) is 12.9. The van der Waals surface area contributed by atoms with Crippen LogP contribution in [0.5, 0.6) is 0 Å². The summed E-state index contributed by atoms with van der Waals surface area (Å²) in [4.78, 5) is 9.38. The molecule has 1 N–H and O–H groups in total. The molecular weight excluding hydrogens is 274 g/mol. The number of aromatic nitrogens is 4. The molecule has 0 amide bonds. The van der Waals surface area contributed by atoms with Crippen LogP contribution >= 0.6 is 0 Å². The standard InChI is InChI=1S/C17H21N5/c1-12-18-16-14-10-6-7-11-15(14)20-17(22(16)21-12)19-13-8-4-2-3-5-9-13/h6-7,10-11,13H,2-5,8-9H2,1H3,(H,19,20). The fourth-order valence-corrected chi connectivity index (χ4v) is 3.36. The van der Waals surface area contributed by atoms with E-state index < -0.39 is 0 Å². The predicted molar refractivity (Wildman–Crippen MR) is 88.1 cm³/mol. The third-order valence-electron chi connectivity index (χ3n) is 4.47. The summed E-state index contributed by atoms with van der Waals surface area (Å²) in [5, 5.41) is 9.20. The SMILES string of the molecule is Cc1nc2c3ccccc3nc(NC3CCCCCC3)n2n1. The van der Waals surface area contributed by atoms with Crippen LogP contribution in [-0.2, 0) is 0 Å². The van der Waals surface area contributed by atoms with Crippen molar-refractivity contribution in [1.82, 2.24) is 19.6 Å². The van der Waals surface area contributed by atoms with Crippen LogP contribution in [-0.4, -0.2) is 25.6 Å². The van der Waals surface area contributed by atoms with E-state index in [0.29, 0.717) is 6.04 Å². The predicted octanol–water partition coefficient (Wildman–Crippen LogP) is 3.72. The lowest BCUT2D eigenvalue weighted by Crippen LogP contribution is -2.21. The average molecular weight is 295 g/mol. The van der Waals surface area contributed by atoms with Crippen LogP contribution in [0.2, 0.25) is 0 Å². The highest BCUT2D eigenvalue weighted by molar-refractivity contribution is 5.92. The maximum atomic E-state index is 4.79. The second kappa shape index (κ2) is 5.55.